The van der Waals surface area contributed by atoms with Crippen molar-refractivity contribution in [3.8, 4) is 22.5 Å². The molecule has 1 fully saturated rings. The molecule has 3 heterocycles. The lowest BCUT2D eigenvalue weighted by molar-refractivity contribution is 0.100. The van der Waals surface area contributed by atoms with Crippen molar-refractivity contribution in [1.82, 2.24) is 9.97 Å². The van der Waals surface area contributed by atoms with Gasteiger partial charge < -0.3 is 20.4 Å². The minimum absolute atomic E-state index is 0. The Labute approximate surface area is 163 Å². The van der Waals surface area contributed by atoms with Crippen molar-refractivity contribution < 1.29 is 9.53 Å². The van der Waals surface area contributed by atoms with Crippen LogP contribution in [0.4, 0.5) is 5.69 Å². The van der Waals surface area contributed by atoms with Crippen LogP contribution in [0.3, 0.4) is 0 Å². The Balaban J connectivity index is 0.00000210. The maximum Gasteiger partial charge on any atom is 0.250 e. The minimum atomic E-state index is -0.451. The van der Waals surface area contributed by atoms with Crippen molar-refractivity contribution in [2.24, 2.45) is 5.73 Å². The molecule has 6 nitrogen and oxygen atoms in total. The highest BCUT2D eigenvalue weighted by Gasteiger charge is 2.17. The zero-order valence-electron chi connectivity index (χ0n) is 14.7. The number of carbonyl (C=O) groups excluding carboxylic acids is 1. The maximum absolute atomic E-state index is 12.0. The van der Waals surface area contributed by atoms with Gasteiger partial charge in [0, 0.05) is 48.0 Å². The van der Waals surface area contributed by atoms with Crippen LogP contribution in [0, 0.1) is 0 Å². The number of nitrogens with one attached hydrogen (secondary N) is 1. The third-order valence-electron chi connectivity index (χ3n) is 4.59. The summed E-state index contributed by atoms with van der Waals surface area (Å²) in [5.74, 6) is -0.451. The summed E-state index contributed by atoms with van der Waals surface area (Å²) < 4.78 is 5.42. The number of carbonyl (C=O) groups is 1. The van der Waals surface area contributed by atoms with Crippen LogP contribution in [-0.2, 0) is 4.74 Å². The van der Waals surface area contributed by atoms with Crippen LogP contribution in [0.5, 0.6) is 0 Å². The lowest BCUT2D eigenvalue weighted by Crippen LogP contribution is -2.36. The molecule has 0 bridgehead atoms. The average molecular weight is 385 g/mol. The zero-order valence-corrected chi connectivity index (χ0v) is 15.5. The molecule has 0 aliphatic carbocycles. The summed E-state index contributed by atoms with van der Waals surface area (Å²) in [6.07, 6.45) is 3.44. The quantitative estimate of drug-likeness (QED) is 0.723. The predicted molar refractivity (Wildman–Crippen MR) is 108 cm³/mol. The monoisotopic (exact) mass is 384 g/mol. The van der Waals surface area contributed by atoms with Crippen LogP contribution >= 0.6 is 12.4 Å². The van der Waals surface area contributed by atoms with Crippen LogP contribution in [0.25, 0.3) is 22.5 Å². The van der Waals surface area contributed by atoms with E-state index in [9.17, 15) is 4.79 Å². The first-order valence-corrected chi connectivity index (χ1v) is 8.59. The van der Waals surface area contributed by atoms with Gasteiger partial charge in [0.25, 0.3) is 5.91 Å². The van der Waals surface area contributed by atoms with Crippen LogP contribution < -0.4 is 10.6 Å². The SMILES string of the molecule is Cl.NC(=O)c1cc(-c2ccncc2)[nH]c1-c1cccc(N2CCOCC2)c1. The zero-order chi connectivity index (χ0) is 17.9. The van der Waals surface area contributed by atoms with Gasteiger partial charge in [-0.25, -0.2) is 0 Å². The van der Waals surface area contributed by atoms with Crippen LogP contribution in [0.1, 0.15) is 10.4 Å². The topological polar surface area (TPSA) is 84.2 Å². The van der Waals surface area contributed by atoms with E-state index < -0.39 is 5.91 Å². The molecule has 0 radical (unpaired) electrons. The molecule has 4 rings (SSSR count). The molecule has 1 aliphatic rings. The minimum Gasteiger partial charge on any atom is -0.378 e. The van der Waals surface area contributed by atoms with Crippen molar-refractivity contribution in [2.75, 3.05) is 31.2 Å². The van der Waals surface area contributed by atoms with E-state index >= 15 is 0 Å². The van der Waals surface area contributed by atoms with Gasteiger partial charge in [0.15, 0.2) is 0 Å². The number of halogens is 1. The van der Waals surface area contributed by atoms with Gasteiger partial charge in [-0.05, 0) is 30.3 Å². The van der Waals surface area contributed by atoms with Gasteiger partial charge in [-0.1, -0.05) is 12.1 Å². The number of rotatable bonds is 4. The van der Waals surface area contributed by atoms with Crippen molar-refractivity contribution >= 4 is 24.0 Å². The molecule has 1 aliphatic heterocycles. The average Bonchev–Trinajstić information content (AvgIpc) is 3.15. The first-order valence-electron chi connectivity index (χ1n) is 8.59. The highest BCUT2D eigenvalue weighted by Crippen LogP contribution is 2.31. The summed E-state index contributed by atoms with van der Waals surface area (Å²) in [4.78, 5) is 21.7. The summed E-state index contributed by atoms with van der Waals surface area (Å²) in [5.41, 5.74) is 10.7. The summed E-state index contributed by atoms with van der Waals surface area (Å²) in [6.45, 7) is 3.18. The number of aromatic nitrogens is 2. The number of ether oxygens (including phenoxy) is 1. The molecule has 0 atom stereocenters. The van der Waals surface area contributed by atoms with Gasteiger partial charge in [0.05, 0.1) is 24.5 Å². The van der Waals surface area contributed by atoms with Crippen molar-refractivity contribution in [2.45, 2.75) is 0 Å². The molecule has 7 heteroatoms. The largest absolute Gasteiger partial charge is 0.378 e. The number of benzene rings is 1. The highest BCUT2D eigenvalue weighted by molar-refractivity contribution is 6.01. The van der Waals surface area contributed by atoms with Gasteiger partial charge in [0.2, 0.25) is 0 Å². The summed E-state index contributed by atoms with van der Waals surface area (Å²) >= 11 is 0. The smallest absolute Gasteiger partial charge is 0.250 e. The number of amides is 1. The van der Waals surface area contributed by atoms with E-state index in [1.54, 1.807) is 18.5 Å². The summed E-state index contributed by atoms with van der Waals surface area (Å²) in [7, 11) is 0. The molecule has 3 aromatic rings. The molecule has 0 unspecified atom stereocenters. The normalized spacial score (nSPS) is 13.9. The molecular weight excluding hydrogens is 364 g/mol. The fourth-order valence-corrected chi connectivity index (χ4v) is 3.24. The van der Waals surface area contributed by atoms with Crippen molar-refractivity contribution in [3.05, 3.63) is 60.4 Å². The van der Waals surface area contributed by atoms with Crippen molar-refractivity contribution in [3.63, 3.8) is 0 Å². The number of anilines is 1. The fraction of sp³-hybridized carbons (Fsp3) is 0.200. The van der Waals surface area contributed by atoms with E-state index in [1.165, 1.54) is 0 Å². The van der Waals surface area contributed by atoms with Gasteiger partial charge in [-0.3, -0.25) is 9.78 Å². The van der Waals surface area contributed by atoms with Crippen LogP contribution in [0.15, 0.2) is 54.9 Å². The lowest BCUT2D eigenvalue weighted by Gasteiger charge is -2.29. The van der Waals surface area contributed by atoms with Gasteiger partial charge in [0.1, 0.15) is 0 Å². The summed E-state index contributed by atoms with van der Waals surface area (Å²) in [6, 6.07) is 13.7. The second-order valence-electron chi connectivity index (χ2n) is 6.22. The number of aromatic amines is 1. The number of H-pyrrole nitrogens is 1. The van der Waals surface area contributed by atoms with E-state index in [2.05, 4.69) is 27.0 Å². The lowest BCUT2D eigenvalue weighted by atomic mass is 10.1. The van der Waals surface area contributed by atoms with Crippen LogP contribution in [0.2, 0.25) is 0 Å². The number of nitrogens with zero attached hydrogens (tertiary/aromatic N) is 2. The van der Waals surface area contributed by atoms with E-state index in [0.717, 1.165) is 54.5 Å². The van der Waals surface area contributed by atoms with Crippen molar-refractivity contribution in [1.29, 1.82) is 0 Å². The number of hydrogen-bond donors (Lipinski definition) is 2. The first-order chi connectivity index (χ1) is 12.7. The van der Waals surface area contributed by atoms with Gasteiger partial charge in [-0.15, -0.1) is 12.4 Å². The molecule has 27 heavy (non-hydrogen) atoms. The third kappa shape index (κ3) is 3.97. The molecule has 3 N–H and O–H groups in total. The van der Waals surface area contributed by atoms with Gasteiger partial charge >= 0.3 is 0 Å². The molecule has 2 aromatic heterocycles. The Kier molecular flexibility index (Phi) is 5.78. The standard InChI is InChI=1S/C20H20N4O2.ClH/c21-20(25)17-13-18(14-4-6-22-7-5-14)23-19(17)15-2-1-3-16(12-15)24-8-10-26-11-9-24;/h1-7,12-13,23H,8-11H2,(H2,21,25);1H. The number of morpholine rings is 1. The highest BCUT2D eigenvalue weighted by atomic mass is 35.5. The molecule has 1 saturated heterocycles. The number of pyridine rings is 1. The number of nitrogens with two attached hydrogens (primary N) is 1. The Morgan fingerprint density at radius 2 is 1.81 bits per heavy atom. The second-order valence-corrected chi connectivity index (χ2v) is 6.22. The molecular formula is C20H21ClN4O2. The molecule has 1 amide bonds. The van der Waals surface area contributed by atoms with E-state index in [1.807, 2.05) is 24.3 Å². The Morgan fingerprint density at radius 1 is 1.07 bits per heavy atom. The summed E-state index contributed by atoms with van der Waals surface area (Å²) in [5, 5.41) is 0. The molecule has 0 saturated carbocycles. The van der Waals surface area contributed by atoms with Gasteiger partial charge in [-0.2, -0.15) is 0 Å². The predicted octanol–water partition coefficient (Wildman–Crippen LogP) is 3.10. The molecule has 140 valence electrons. The van der Waals surface area contributed by atoms with E-state index in [-0.39, 0.29) is 12.4 Å². The number of hydrogen-bond acceptors (Lipinski definition) is 4. The fourth-order valence-electron chi connectivity index (χ4n) is 3.24. The maximum atomic E-state index is 12.0. The number of primary amides is 1. The Hall–Kier alpha value is -2.83. The Bertz CT molecular complexity index is 921. The van der Waals surface area contributed by atoms with E-state index in [4.69, 9.17) is 10.5 Å². The molecule has 1 aromatic carbocycles. The Morgan fingerprint density at radius 3 is 2.52 bits per heavy atom. The molecule has 0 spiro atoms. The van der Waals surface area contributed by atoms with E-state index in [0.29, 0.717) is 5.56 Å². The first kappa shape index (κ1) is 18.9. The second kappa shape index (κ2) is 8.24. The van der Waals surface area contributed by atoms with Crippen LogP contribution in [-0.4, -0.2) is 42.2 Å². The third-order valence-corrected chi connectivity index (χ3v) is 4.59.